The first-order chi connectivity index (χ1) is 5.61. The number of hydrogen-bond donors (Lipinski definition) is 1. The van der Waals surface area contributed by atoms with E-state index in [9.17, 15) is 5.11 Å². The van der Waals surface area contributed by atoms with E-state index in [0.29, 0.717) is 6.04 Å². The first-order valence-electron chi connectivity index (χ1n) is 4.64. The van der Waals surface area contributed by atoms with Crippen LogP contribution in [0, 0.1) is 0 Å². The van der Waals surface area contributed by atoms with Gasteiger partial charge in [0.25, 0.3) is 0 Å². The summed E-state index contributed by atoms with van der Waals surface area (Å²) in [7, 11) is 4.14. The van der Waals surface area contributed by atoms with Crippen LogP contribution >= 0.6 is 0 Å². The Hall–Kier alpha value is -0.120. The Morgan fingerprint density at radius 3 is 2.58 bits per heavy atom. The summed E-state index contributed by atoms with van der Waals surface area (Å²) in [6, 6.07) is 0.497. The molecule has 2 atom stereocenters. The maximum atomic E-state index is 9.46. The van der Waals surface area contributed by atoms with Gasteiger partial charge in [0.15, 0.2) is 6.29 Å². The van der Waals surface area contributed by atoms with Crippen molar-refractivity contribution in [3.63, 3.8) is 0 Å². The summed E-state index contributed by atoms with van der Waals surface area (Å²) in [4.78, 5) is 2.19. The molecule has 1 aliphatic carbocycles. The molecule has 1 aliphatic heterocycles. The second-order valence-corrected chi connectivity index (χ2v) is 4.31. The van der Waals surface area contributed by atoms with E-state index in [1.807, 2.05) is 0 Å². The molecule has 1 saturated heterocycles. The van der Waals surface area contributed by atoms with Crippen molar-refractivity contribution in [3.05, 3.63) is 0 Å². The monoisotopic (exact) mass is 171 g/mol. The number of nitrogens with zero attached hydrogens (tertiary/aromatic N) is 1. The van der Waals surface area contributed by atoms with Gasteiger partial charge in [-0.3, -0.25) is 0 Å². The highest BCUT2D eigenvalue weighted by Gasteiger charge is 2.50. The fraction of sp³-hybridized carbons (Fsp3) is 1.00. The highest BCUT2D eigenvalue weighted by molar-refractivity contribution is 5.01. The van der Waals surface area contributed by atoms with Gasteiger partial charge >= 0.3 is 0 Å². The molecule has 2 fully saturated rings. The van der Waals surface area contributed by atoms with Crippen LogP contribution in [-0.4, -0.2) is 42.0 Å². The predicted octanol–water partition coefficient (Wildman–Crippen LogP) is 0.578. The normalized spacial score (nSPS) is 39.0. The molecule has 12 heavy (non-hydrogen) atoms. The molecule has 1 N–H and O–H groups in total. The van der Waals surface area contributed by atoms with Crippen molar-refractivity contribution < 1.29 is 9.84 Å². The summed E-state index contributed by atoms with van der Waals surface area (Å²) >= 11 is 0. The Labute approximate surface area is 73.3 Å². The lowest BCUT2D eigenvalue weighted by Gasteiger charge is -2.36. The van der Waals surface area contributed by atoms with Gasteiger partial charge in [-0.2, -0.15) is 0 Å². The lowest BCUT2D eigenvalue weighted by Crippen LogP contribution is -2.43. The van der Waals surface area contributed by atoms with E-state index in [0.717, 1.165) is 25.7 Å². The molecule has 1 spiro atoms. The number of ether oxygens (including phenoxy) is 1. The Balaban J connectivity index is 1.99. The van der Waals surface area contributed by atoms with Crippen molar-refractivity contribution in [3.8, 4) is 0 Å². The van der Waals surface area contributed by atoms with Crippen LogP contribution in [0.5, 0.6) is 0 Å². The van der Waals surface area contributed by atoms with E-state index < -0.39 is 6.29 Å². The van der Waals surface area contributed by atoms with Gasteiger partial charge in [0, 0.05) is 12.5 Å². The largest absolute Gasteiger partial charge is 0.368 e. The Morgan fingerprint density at radius 1 is 1.42 bits per heavy atom. The number of aliphatic hydroxyl groups is 1. The molecule has 1 saturated carbocycles. The van der Waals surface area contributed by atoms with E-state index in [1.54, 1.807) is 0 Å². The van der Waals surface area contributed by atoms with Gasteiger partial charge in [-0.1, -0.05) is 0 Å². The predicted molar refractivity (Wildman–Crippen MR) is 45.8 cm³/mol. The standard InChI is InChI=1S/C9H17NO2/c1-10(2)7-5-8(11)12-9(6-7)3-4-9/h7-8,11H,3-6H2,1-2H3/t7-,8-/m1/s1. The van der Waals surface area contributed by atoms with Gasteiger partial charge in [-0.25, -0.2) is 0 Å². The van der Waals surface area contributed by atoms with Gasteiger partial charge < -0.3 is 14.7 Å². The van der Waals surface area contributed by atoms with Crippen LogP contribution in [-0.2, 0) is 4.74 Å². The Kier molecular flexibility index (Phi) is 1.90. The molecule has 3 nitrogen and oxygen atoms in total. The second-order valence-electron chi connectivity index (χ2n) is 4.31. The second kappa shape index (κ2) is 2.69. The van der Waals surface area contributed by atoms with Gasteiger partial charge in [-0.05, 0) is 33.4 Å². The smallest absolute Gasteiger partial charge is 0.156 e. The quantitative estimate of drug-likeness (QED) is 0.626. The summed E-state index contributed by atoms with van der Waals surface area (Å²) in [5.41, 5.74) is 0.0621. The molecule has 0 unspecified atom stereocenters. The summed E-state index contributed by atoms with van der Waals surface area (Å²) in [5.74, 6) is 0. The summed E-state index contributed by atoms with van der Waals surface area (Å²) < 4.78 is 5.49. The summed E-state index contributed by atoms with van der Waals surface area (Å²) in [6.45, 7) is 0. The zero-order valence-corrected chi connectivity index (χ0v) is 7.79. The van der Waals surface area contributed by atoms with E-state index in [-0.39, 0.29) is 5.60 Å². The highest BCUT2D eigenvalue weighted by atomic mass is 16.6. The zero-order chi connectivity index (χ0) is 8.77. The zero-order valence-electron chi connectivity index (χ0n) is 7.79. The molecule has 0 bridgehead atoms. The van der Waals surface area contributed by atoms with Crippen molar-refractivity contribution in [1.29, 1.82) is 0 Å². The maximum absolute atomic E-state index is 9.46. The minimum Gasteiger partial charge on any atom is -0.368 e. The molecule has 2 rings (SSSR count). The van der Waals surface area contributed by atoms with Crippen LogP contribution in [0.15, 0.2) is 0 Å². The molecule has 0 aromatic rings. The molecule has 2 aliphatic rings. The third kappa shape index (κ3) is 1.49. The molecule has 0 amide bonds. The molecule has 0 aromatic carbocycles. The van der Waals surface area contributed by atoms with E-state index in [2.05, 4.69) is 19.0 Å². The van der Waals surface area contributed by atoms with Crippen LogP contribution < -0.4 is 0 Å². The van der Waals surface area contributed by atoms with Crippen LogP contribution in [0.4, 0.5) is 0 Å². The fourth-order valence-electron chi connectivity index (χ4n) is 1.99. The van der Waals surface area contributed by atoms with E-state index >= 15 is 0 Å². The minimum atomic E-state index is -0.534. The lowest BCUT2D eigenvalue weighted by atomic mass is 10.00. The molecule has 3 heteroatoms. The van der Waals surface area contributed by atoms with E-state index in [1.165, 1.54) is 0 Å². The van der Waals surface area contributed by atoms with Crippen LogP contribution in [0.3, 0.4) is 0 Å². The van der Waals surface area contributed by atoms with Gasteiger partial charge in [0.05, 0.1) is 5.60 Å². The Bertz CT molecular complexity index is 177. The van der Waals surface area contributed by atoms with Gasteiger partial charge in [0.1, 0.15) is 0 Å². The lowest BCUT2D eigenvalue weighted by molar-refractivity contribution is -0.189. The van der Waals surface area contributed by atoms with Crippen molar-refractivity contribution in [2.45, 2.75) is 43.6 Å². The van der Waals surface area contributed by atoms with Crippen LogP contribution in [0.25, 0.3) is 0 Å². The average Bonchev–Trinajstić information content (AvgIpc) is 2.67. The number of rotatable bonds is 1. The first kappa shape index (κ1) is 8.48. The van der Waals surface area contributed by atoms with Crippen molar-refractivity contribution in [2.75, 3.05) is 14.1 Å². The molecule has 1 heterocycles. The number of hydrogen-bond acceptors (Lipinski definition) is 3. The fourth-order valence-corrected chi connectivity index (χ4v) is 1.99. The molecular formula is C9H17NO2. The van der Waals surface area contributed by atoms with Crippen molar-refractivity contribution in [1.82, 2.24) is 4.90 Å². The van der Waals surface area contributed by atoms with Crippen LogP contribution in [0.2, 0.25) is 0 Å². The average molecular weight is 171 g/mol. The minimum absolute atomic E-state index is 0.0621. The molecule has 0 radical (unpaired) electrons. The summed E-state index contributed by atoms with van der Waals surface area (Å²) in [5, 5.41) is 9.46. The van der Waals surface area contributed by atoms with Crippen molar-refractivity contribution >= 4 is 0 Å². The van der Waals surface area contributed by atoms with E-state index in [4.69, 9.17) is 4.74 Å². The molecule has 70 valence electrons. The SMILES string of the molecule is CN(C)[C@@H]1C[C@H](O)OC2(CC2)C1. The van der Waals surface area contributed by atoms with Crippen LogP contribution in [0.1, 0.15) is 25.7 Å². The molecular weight excluding hydrogens is 154 g/mol. The third-order valence-corrected chi connectivity index (χ3v) is 3.01. The summed E-state index contributed by atoms with van der Waals surface area (Å²) in [6.07, 6.45) is 3.59. The topological polar surface area (TPSA) is 32.7 Å². The van der Waals surface area contributed by atoms with Gasteiger partial charge in [-0.15, -0.1) is 0 Å². The Morgan fingerprint density at radius 2 is 2.08 bits per heavy atom. The number of aliphatic hydroxyl groups excluding tert-OH is 1. The maximum Gasteiger partial charge on any atom is 0.156 e. The van der Waals surface area contributed by atoms with Crippen molar-refractivity contribution in [2.24, 2.45) is 0 Å². The molecule has 0 aromatic heterocycles. The highest BCUT2D eigenvalue weighted by Crippen LogP contribution is 2.48. The third-order valence-electron chi connectivity index (χ3n) is 3.01. The first-order valence-corrected chi connectivity index (χ1v) is 4.64. The van der Waals surface area contributed by atoms with Gasteiger partial charge in [0.2, 0.25) is 0 Å².